The molecule has 3 aliphatic heterocycles. The van der Waals surface area contributed by atoms with E-state index < -0.39 is 0 Å². The van der Waals surface area contributed by atoms with Crippen molar-refractivity contribution in [1.82, 2.24) is 14.9 Å². The molecule has 7 nitrogen and oxygen atoms in total. The number of aromatic nitrogens is 2. The summed E-state index contributed by atoms with van der Waals surface area (Å²) in [6.07, 6.45) is 2.86. The van der Waals surface area contributed by atoms with E-state index in [2.05, 4.69) is 15.3 Å². The van der Waals surface area contributed by atoms with Gasteiger partial charge in [0.05, 0.1) is 24.9 Å². The molecule has 3 fully saturated rings. The summed E-state index contributed by atoms with van der Waals surface area (Å²) < 4.78 is 19.7. The Morgan fingerprint density at radius 3 is 2.81 bits per heavy atom. The molecule has 0 aliphatic carbocycles. The average molecular weight is 371 g/mol. The van der Waals surface area contributed by atoms with E-state index in [1.165, 1.54) is 6.33 Å². The van der Waals surface area contributed by atoms with E-state index >= 15 is 0 Å². The largest absolute Gasteiger partial charge is 0.497 e. The summed E-state index contributed by atoms with van der Waals surface area (Å²) in [5.41, 5.74) is 1.11. The number of halogens is 1. The number of piperazine rings is 1. The van der Waals surface area contributed by atoms with Crippen LogP contribution in [0.15, 0.2) is 30.6 Å². The fourth-order valence-electron chi connectivity index (χ4n) is 3.87. The van der Waals surface area contributed by atoms with Crippen LogP contribution in [0.4, 0.5) is 20.7 Å². The van der Waals surface area contributed by atoms with Crippen molar-refractivity contribution in [3.63, 3.8) is 0 Å². The van der Waals surface area contributed by atoms with Crippen LogP contribution in [0.2, 0.25) is 0 Å². The minimum absolute atomic E-state index is 0.0498. The number of anilines is 2. The Kier molecular flexibility index (Phi) is 4.55. The third kappa shape index (κ3) is 3.15. The number of nitrogens with one attached hydrogen (secondary N) is 1. The summed E-state index contributed by atoms with van der Waals surface area (Å²) in [4.78, 5) is 24.6. The third-order valence-corrected chi connectivity index (χ3v) is 5.23. The van der Waals surface area contributed by atoms with Crippen molar-refractivity contribution in [1.29, 1.82) is 0 Å². The predicted molar refractivity (Wildman–Crippen MR) is 99.6 cm³/mol. The van der Waals surface area contributed by atoms with Crippen LogP contribution in [0.5, 0.6) is 5.75 Å². The standard InChI is InChI=1S/C19H22FN5O2/c1-3-16-17(20)18(22-11-21-16)24-9-13-8-14(10-24)25(13)19(26)23-12-5-4-6-15(7-12)27-2/h4-7,11,13-14H,3,8-10H2,1-2H3,(H,23,26). The number of piperidine rings is 1. The second-order valence-corrected chi connectivity index (χ2v) is 6.83. The molecular weight excluding hydrogens is 349 g/mol. The van der Waals surface area contributed by atoms with Crippen molar-refractivity contribution in [3.05, 3.63) is 42.1 Å². The van der Waals surface area contributed by atoms with Crippen molar-refractivity contribution in [3.8, 4) is 5.75 Å². The number of ether oxygens (including phenoxy) is 1. The van der Waals surface area contributed by atoms with Crippen LogP contribution in [0.25, 0.3) is 0 Å². The summed E-state index contributed by atoms with van der Waals surface area (Å²) in [6, 6.07) is 7.22. The van der Waals surface area contributed by atoms with Crippen LogP contribution in [-0.4, -0.2) is 53.2 Å². The molecule has 0 spiro atoms. The second-order valence-electron chi connectivity index (χ2n) is 6.83. The van der Waals surface area contributed by atoms with Crippen molar-refractivity contribution in [2.24, 2.45) is 0 Å². The number of urea groups is 1. The van der Waals surface area contributed by atoms with Crippen LogP contribution in [0.1, 0.15) is 19.0 Å². The Labute approximate surface area is 157 Å². The van der Waals surface area contributed by atoms with E-state index in [0.29, 0.717) is 42.5 Å². The minimum Gasteiger partial charge on any atom is -0.497 e. The number of hydrogen-bond acceptors (Lipinski definition) is 5. The first kappa shape index (κ1) is 17.5. The highest BCUT2D eigenvalue weighted by Crippen LogP contribution is 2.35. The molecule has 1 aromatic heterocycles. The average Bonchev–Trinajstić information content (AvgIpc) is 2.68. The summed E-state index contributed by atoms with van der Waals surface area (Å²) in [6.45, 7) is 3.01. The Morgan fingerprint density at radius 2 is 2.11 bits per heavy atom. The lowest BCUT2D eigenvalue weighted by Gasteiger charge is -2.56. The van der Waals surface area contributed by atoms with Gasteiger partial charge in [-0.25, -0.2) is 19.2 Å². The molecule has 2 unspecified atom stereocenters. The zero-order valence-corrected chi connectivity index (χ0v) is 15.4. The van der Waals surface area contributed by atoms with Crippen molar-refractivity contribution >= 4 is 17.5 Å². The van der Waals surface area contributed by atoms with E-state index in [-0.39, 0.29) is 23.9 Å². The molecule has 5 rings (SSSR count). The first-order chi connectivity index (χ1) is 13.1. The first-order valence-corrected chi connectivity index (χ1v) is 9.08. The lowest BCUT2D eigenvalue weighted by atomic mass is 9.88. The topological polar surface area (TPSA) is 70.6 Å². The highest BCUT2D eigenvalue weighted by atomic mass is 19.1. The van der Waals surface area contributed by atoms with Crippen LogP contribution in [0.3, 0.4) is 0 Å². The molecule has 0 radical (unpaired) electrons. The molecule has 27 heavy (non-hydrogen) atoms. The number of nitrogens with zero attached hydrogens (tertiary/aromatic N) is 4. The fraction of sp³-hybridized carbons (Fsp3) is 0.421. The van der Waals surface area contributed by atoms with E-state index in [4.69, 9.17) is 4.74 Å². The lowest BCUT2D eigenvalue weighted by Crippen LogP contribution is -2.71. The number of rotatable bonds is 4. The zero-order chi connectivity index (χ0) is 19.0. The van der Waals surface area contributed by atoms with Gasteiger partial charge in [-0.3, -0.25) is 0 Å². The summed E-state index contributed by atoms with van der Waals surface area (Å²) in [7, 11) is 1.59. The maximum Gasteiger partial charge on any atom is 0.322 e. The Morgan fingerprint density at radius 1 is 1.33 bits per heavy atom. The Balaban J connectivity index is 1.44. The number of benzene rings is 1. The molecule has 1 aromatic carbocycles. The first-order valence-electron chi connectivity index (χ1n) is 9.08. The maximum atomic E-state index is 14.5. The summed E-state index contributed by atoms with van der Waals surface area (Å²) in [5.74, 6) is 0.673. The highest BCUT2D eigenvalue weighted by Gasteiger charge is 2.48. The fourth-order valence-corrected chi connectivity index (χ4v) is 3.87. The molecule has 2 aromatic rings. The van der Waals surface area contributed by atoms with Crippen molar-refractivity contribution in [2.75, 3.05) is 30.4 Å². The van der Waals surface area contributed by atoms with Crippen molar-refractivity contribution < 1.29 is 13.9 Å². The van der Waals surface area contributed by atoms with E-state index in [0.717, 1.165) is 6.42 Å². The molecule has 3 saturated heterocycles. The monoisotopic (exact) mass is 371 g/mol. The lowest BCUT2D eigenvalue weighted by molar-refractivity contribution is 0.0434. The van der Waals surface area contributed by atoms with Gasteiger partial charge in [0.1, 0.15) is 12.1 Å². The van der Waals surface area contributed by atoms with Gasteiger partial charge in [-0.15, -0.1) is 0 Å². The Hall–Kier alpha value is -2.90. The number of carbonyl (C=O) groups excluding carboxylic acids is 1. The molecule has 2 amide bonds. The van der Waals surface area contributed by atoms with Gasteiger partial charge in [-0.2, -0.15) is 0 Å². The maximum absolute atomic E-state index is 14.5. The van der Waals surface area contributed by atoms with Gasteiger partial charge in [0, 0.05) is 24.8 Å². The van der Waals surface area contributed by atoms with E-state index in [1.54, 1.807) is 13.2 Å². The normalized spacial score (nSPS) is 20.9. The van der Waals surface area contributed by atoms with Gasteiger partial charge in [0.2, 0.25) is 0 Å². The van der Waals surface area contributed by atoms with Gasteiger partial charge in [0.25, 0.3) is 0 Å². The smallest absolute Gasteiger partial charge is 0.322 e. The summed E-state index contributed by atoms with van der Waals surface area (Å²) in [5, 5.41) is 2.92. The second kappa shape index (κ2) is 7.02. The number of amides is 2. The number of aryl methyl sites for hydroxylation is 1. The quantitative estimate of drug-likeness (QED) is 0.895. The molecule has 3 aliphatic rings. The summed E-state index contributed by atoms with van der Waals surface area (Å²) >= 11 is 0. The SMILES string of the molecule is CCc1ncnc(N2CC3CC(C2)N3C(=O)Nc2cccc(OC)c2)c1F. The third-order valence-electron chi connectivity index (χ3n) is 5.23. The van der Waals surface area contributed by atoms with Gasteiger partial charge < -0.3 is 19.9 Å². The predicted octanol–water partition coefficient (Wildman–Crippen LogP) is 2.68. The molecule has 1 N–H and O–H groups in total. The molecule has 142 valence electrons. The van der Waals surface area contributed by atoms with E-state index in [9.17, 15) is 9.18 Å². The molecule has 2 atom stereocenters. The number of carbonyl (C=O) groups is 1. The van der Waals surface area contributed by atoms with E-state index in [1.807, 2.05) is 34.9 Å². The molecule has 2 bridgehead atoms. The molecule has 8 heteroatoms. The molecular formula is C19H22FN5O2. The van der Waals surface area contributed by atoms with Crippen LogP contribution >= 0.6 is 0 Å². The highest BCUT2D eigenvalue weighted by molar-refractivity contribution is 5.91. The van der Waals surface area contributed by atoms with Gasteiger partial charge in [0.15, 0.2) is 11.6 Å². The molecule has 0 saturated carbocycles. The molecule has 4 heterocycles. The van der Waals surface area contributed by atoms with Crippen LogP contribution < -0.4 is 15.0 Å². The van der Waals surface area contributed by atoms with Crippen molar-refractivity contribution in [2.45, 2.75) is 31.8 Å². The number of hydrogen-bond donors (Lipinski definition) is 1. The Bertz CT molecular complexity index is 850. The number of fused-ring (bicyclic) bond motifs is 2. The van der Waals surface area contributed by atoms with Gasteiger partial charge >= 0.3 is 6.03 Å². The number of methoxy groups -OCH3 is 1. The minimum atomic E-state index is -0.353. The van der Waals surface area contributed by atoms with Crippen LogP contribution in [0, 0.1) is 5.82 Å². The zero-order valence-electron chi connectivity index (χ0n) is 15.4. The van der Waals surface area contributed by atoms with Gasteiger partial charge in [-0.1, -0.05) is 13.0 Å². The van der Waals surface area contributed by atoms with Gasteiger partial charge in [-0.05, 0) is 25.0 Å². The van der Waals surface area contributed by atoms with Crippen LogP contribution in [-0.2, 0) is 6.42 Å².